The number of aryl methyl sites for hydroxylation is 1. The first kappa shape index (κ1) is 17.8. The Morgan fingerprint density at radius 1 is 1.28 bits per heavy atom. The van der Waals surface area contributed by atoms with Crippen molar-refractivity contribution in [3.63, 3.8) is 0 Å². The SMILES string of the molecule is CCOC(=O)c1c(C)n(C)c2ccc(O)c(C[NH+]3CC[NH+](C)CC3)c12. The zero-order valence-electron chi connectivity index (χ0n) is 15.6. The molecule has 3 N–H and O–H groups in total. The Kier molecular flexibility index (Phi) is 5.01. The number of hydrogen-bond donors (Lipinski definition) is 3. The predicted molar refractivity (Wildman–Crippen MR) is 96.3 cm³/mol. The van der Waals surface area contributed by atoms with E-state index in [9.17, 15) is 9.90 Å². The lowest BCUT2D eigenvalue weighted by Crippen LogP contribution is -3.26. The Bertz CT molecular complexity index is 789. The first-order valence-corrected chi connectivity index (χ1v) is 9.05. The Morgan fingerprint density at radius 3 is 2.60 bits per heavy atom. The van der Waals surface area contributed by atoms with Crippen LogP contribution in [-0.4, -0.2) is 55.5 Å². The van der Waals surface area contributed by atoms with Gasteiger partial charge in [0.15, 0.2) is 0 Å². The third-order valence-corrected chi connectivity index (χ3v) is 5.46. The molecular weight excluding hydrogens is 318 g/mol. The normalized spacial score (nSPS) is 20.8. The number of likely N-dealkylation sites (N-methyl/N-ethyl adjacent to an activating group) is 1. The Hall–Kier alpha value is -2.05. The van der Waals surface area contributed by atoms with Crippen molar-refractivity contribution in [3.8, 4) is 5.75 Å². The summed E-state index contributed by atoms with van der Waals surface area (Å²) in [6, 6.07) is 3.63. The number of esters is 1. The van der Waals surface area contributed by atoms with E-state index >= 15 is 0 Å². The number of carbonyl (C=O) groups excluding carboxylic acids is 1. The number of ether oxygens (including phenoxy) is 1. The van der Waals surface area contributed by atoms with Crippen molar-refractivity contribution >= 4 is 16.9 Å². The first-order valence-electron chi connectivity index (χ1n) is 9.05. The summed E-state index contributed by atoms with van der Waals surface area (Å²) in [7, 11) is 4.17. The first-order chi connectivity index (χ1) is 11.9. The molecular formula is C19H29N3O3+2. The molecule has 0 atom stereocenters. The quantitative estimate of drug-likeness (QED) is 0.640. The van der Waals surface area contributed by atoms with Crippen LogP contribution in [0.25, 0.3) is 10.9 Å². The molecule has 1 aromatic carbocycles. The molecule has 0 bridgehead atoms. The minimum atomic E-state index is -0.310. The second-order valence-electron chi connectivity index (χ2n) is 7.08. The van der Waals surface area contributed by atoms with Crippen LogP contribution >= 0.6 is 0 Å². The number of quaternary nitrogens is 2. The fourth-order valence-corrected chi connectivity index (χ4v) is 3.80. The van der Waals surface area contributed by atoms with Crippen LogP contribution in [0.3, 0.4) is 0 Å². The molecule has 136 valence electrons. The summed E-state index contributed by atoms with van der Waals surface area (Å²) in [5.41, 5.74) is 3.29. The summed E-state index contributed by atoms with van der Waals surface area (Å²) in [4.78, 5) is 15.6. The van der Waals surface area contributed by atoms with Gasteiger partial charge in [0.25, 0.3) is 0 Å². The number of aromatic nitrogens is 1. The van der Waals surface area contributed by atoms with E-state index < -0.39 is 0 Å². The van der Waals surface area contributed by atoms with Crippen LogP contribution < -0.4 is 9.80 Å². The van der Waals surface area contributed by atoms with E-state index in [0.717, 1.165) is 54.9 Å². The van der Waals surface area contributed by atoms with Crippen LogP contribution in [0.15, 0.2) is 12.1 Å². The number of piperazine rings is 1. The third kappa shape index (κ3) is 3.24. The second kappa shape index (κ2) is 7.06. The average molecular weight is 347 g/mol. The average Bonchev–Trinajstić information content (AvgIpc) is 2.84. The number of fused-ring (bicyclic) bond motifs is 1. The highest BCUT2D eigenvalue weighted by molar-refractivity contribution is 6.07. The maximum absolute atomic E-state index is 12.6. The molecule has 3 rings (SSSR count). The fraction of sp³-hybridized carbons (Fsp3) is 0.526. The van der Waals surface area contributed by atoms with E-state index in [-0.39, 0.29) is 11.7 Å². The smallest absolute Gasteiger partial charge is 0.340 e. The van der Waals surface area contributed by atoms with E-state index in [1.807, 2.05) is 31.5 Å². The number of carbonyl (C=O) groups is 1. The monoisotopic (exact) mass is 347 g/mol. The number of hydrogen-bond acceptors (Lipinski definition) is 3. The number of phenolic OH excluding ortho intramolecular Hbond substituents is 1. The summed E-state index contributed by atoms with van der Waals surface area (Å²) >= 11 is 0. The van der Waals surface area contributed by atoms with Gasteiger partial charge in [-0.15, -0.1) is 0 Å². The van der Waals surface area contributed by atoms with Crippen molar-refractivity contribution < 1.29 is 24.4 Å². The highest BCUT2D eigenvalue weighted by Gasteiger charge is 2.27. The lowest BCUT2D eigenvalue weighted by molar-refractivity contribution is -1.01. The zero-order chi connectivity index (χ0) is 18.1. The molecule has 1 fully saturated rings. The number of benzene rings is 1. The number of nitrogens with zero attached hydrogens (tertiary/aromatic N) is 1. The van der Waals surface area contributed by atoms with Gasteiger partial charge in [0, 0.05) is 23.6 Å². The van der Waals surface area contributed by atoms with Gasteiger partial charge in [-0.25, -0.2) is 4.79 Å². The highest BCUT2D eigenvalue weighted by atomic mass is 16.5. The van der Waals surface area contributed by atoms with Gasteiger partial charge in [-0.05, 0) is 26.0 Å². The summed E-state index contributed by atoms with van der Waals surface area (Å²) in [6.07, 6.45) is 0. The molecule has 0 spiro atoms. The highest BCUT2D eigenvalue weighted by Crippen LogP contribution is 2.33. The van der Waals surface area contributed by atoms with E-state index in [1.165, 1.54) is 4.90 Å². The molecule has 2 aromatic rings. The molecule has 0 aliphatic carbocycles. The molecule has 1 aliphatic rings. The van der Waals surface area contributed by atoms with Crippen LogP contribution in [0.4, 0.5) is 0 Å². The number of phenols is 1. The van der Waals surface area contributed by atoms with Gasteiger partial charge >= 0.3 is 5.97 Å². The van der Waals surface area contributed by atoms with Crippen LogP contribution in [0.2, 0.25) is 0 Å². The van der Waals surface area contributed by atoms with Gasteiger partial charge in [-0.2, -0.15) is 0 Å². The van der Waals surface area contributed by atoms with Crippen molar-refractivity contribution in [2.75, 3.05) is 39.8 Å². The lowest BCUT2D eigenvalue weighted by atomic mass is 10.0. The number of aromatic hydroxyl groups is 1. The molecule has 6 heteroatoms. The summed E-state index contributed by atoms with van der Waals surface area (Å²) < 4.78 is 7.29. The van der Waals surface area contributed by atoms with Crippen molar-refractivity contribution in [3.05, 3.63) is 29.0 Å². The molecule has 6 nitrogen and oxygen atoms in total. The molecule has 0 radical (unpaired) electrons. The molecule has 25 heavy (non-hydrogen) atoms. The second-order valence-corrected chi connectivity index (χ2v) is 7.08. The van der Waals surface area contributed by atoms with E-state index in [4.69, 9.17) is 4.74 Å². The Balaban J connectivity index is 2.09. The third-order valence-electron chi connectivity index (χ3n) is 5.46. The maximum atomic E-state index is 12.6. The van der Waals surface area contributed by atoms with E-state index in [2.05, 4.69) is 7.05 Å². The number of nitrogens with one attached hydrogen (secondary N) is 2. The molecule has 0 saturated carbocycles. The van der Waals surface area contributed by atoms with Gasteiger partial charge < -0.3 is 24.2 Å². The molecule has 0 unspecified atom stereocenters. The van der Waals surface area contributed by atoms with Crippen LogP contribution in [0.1, 0.15) is 28.5 Å². The molecule has 1 saturated heterocycles. The predicted octanol–water partition coefficient (Wildman–Crippen LogP) is -0.718. The van der Waals surface area contributed by atoms with E-state index in [0.29, 0.717) is 12.2 Å². The summed E-state index contributed by atoms with van der Waals surface area (Å²) in [5.74, 6) is -0.0438. The molecule has 1 aliphatic heterocycles. The lowest BCUT2D eigenvalue weighted by Gasteiger charge is -2.27. The van der Waals surface area contributed by atoms with Crippen LogP contribution in [0.5, 0.6) is 5.75 Å². The van der Waals surface area contributed by atoms with E-state index in [1.54, 1.807) is 11.0 Å². The van der Waals surface area contributed by atoms with Gasteiger partial charge in [0.05, 0.1) is 24.8 Å². The number of rotatable bonds is 4. The summed E-state index contributed by atoms with van der Waals surface area (Å²) in [5, 5.41) is 11.4. The van der Waals surface area contributed by atoms with Gasteiger partial charge in [0.2, 0.25) is 0 Å². The largest absolute Gasteiger partial charge is 0.507 e. The van der Waals surface area contributed by atoms with Gasteiger partial charge in [-0.3, -0.25) is 0 Å². The zero-order valence-corrected chi connectivity index (χ0v) is 15.6. The van der Waals surface area contributed by atoms with Crippen molar-refractivity contribution in [2.45, 2.75) is 20.4 Å². The Labute approximate surface area is 148 Å². The topological polar surface area (TPSA) is 60.3 Å². The van der Waals surface area contributed by atoms with Crippen molar-refractivity contribution in [1.82, 2.24) is 4.57 Å². The van der Waals surface area contributed by atoms with Crippen LogP contribution in [0, 0.1) is 6.92 Å². The minimum absolute atomic E-state index is 0.266. The van der Waals surface area contributed by atoms with Crippen molar-refractivity contribution in [2.24, 2.45) is 7.05 Å². The standard InChI is InChI=1S/C19H27N3O3/c1-5-25-19(24)17-13(2)21(4)15-6-7-16(23)14(18(15)17)12-22-10-8-20(3)9-11-22/h6-7,23H,5,8-12H2,1-4H3/p+2. The summed E-state index contributed by atoms with van der Waals surface area (Å²) in [6.45, 7) is 9.22. The maximum Gasteiger partial charge on any atom is 0.340 e. The molecule has 2 heterocycles. The van der Waals surface area contributed by atoms with Gasteiger partial charge in [0.1, 0.15) is 38.5 Å². The molecule has 0 amide bonds. The van der Waals surface area contributed by atoms with Crippen LogP contribution in [-0.2, 0) is 18.3 Å². The minimum Gasteiger partial charge on any atom is -0.507 e. The Morgan fingerprint density at radius 2 is 1.96 bits per heavy atom. The van der Waals surface area contributed by atoms with Crippen molar-refractivity contribution in [1.29, 1.82) is 0 Å². The molecule has 1 aromatic heterocycles. The van der Waals surface area contributed by atoms with Gasteiger partial charge in [-0.1, -0.05) is 0 Å². The fourth-order valence-electron chi connectivity index (χ4n) is 3.80.